The molecule has 4 heteroatoms. The van der Waals surface area contributed by atoms with E-state index in [4.69, 9.17) is 15.2 Å². The van der Waals surface area contributed by atoms with E-state index in [0.717, 1.165) is 18.7 Å². The zero-order valence-electron chi connectivity index (χ0n) is 14.1. The summed E-state index contributed by atoms with van der Waals surface area (Å²) in [5, 5.41) is 0. The number of methoxy groups -OCH3 is 2. The minimum Gasteiger partial charge on any atom is -0.496 e. The molecule has 1 rings (SSSR count). The lowest BCUT2D eigenvalue weighted by Crippen LogP contribution is -2.57. The molecular formula is C17H30N2O2. The normalized spacial score (nSPS) is 14.5. The minimum atomic E-state index is -0.124. The molecule has 1 unspecified atom stereocenters. The van der Waals surface area contributed by atoms with Crippen molar-refractivity contribution in [2.45, 2.75) is 38.8 Å². The van der Waals surface area contributed by atoms with Crippen LogP contribution in [0.1, 0.15) is 26.3 Å². The smallest absolute Gasteiger partial charge is 0.122 e. The SMILES string of the molecule is COCCN(C(C)C)C(C)(CN)Cc1ccccc1OC. The molecule has 0 saturated carbocycles. The fourth-order valence-corrected chi connectivity index (χ4v) is 2.89. The Morgan fingerprint density at radius 2 is 1.90 bits per heavy atom. The van der Waals surface area contributed by atoms with E-state index in [-0.39, 0.29) is 5.54 Å². The van der Waals surface area contributed by atoms with Crippen LogP contribution in [0.15, 0.2) is 24.3 Å². The van der Waals surface area contributed by atoms with Crippen LogP contribution in [0.4, 0.5) is 0 Å². The van der Waals surface area contributed by atoms with E-state index >= 15 is 0 Å². The first-order chi connectivity index (χ1) is 9.98. The van der Waals surface area contributed by atoms with Gasteiger partial charge in [0.05, 0.1) is 13.7 Å². The van der Waals surface area contributed by atoms with Crippen LogP contribution < -0.4 is 10.5 Å². The van der Waals surface area contributed by atoms with Gasteiger partial charge in [0.25, 0.3) is 0 Å². The van der Waals surface area contributed by atoms with E-state index in [1.54, 1.807) is 14.2 Å². The molecule has 21 heavy (non-hydrogen) atoms. The third-order valence-corrected chi connectivity index (χ3v) is 4.06. The molecule has 0 spiro atoms. The zero-order valence-corrected chi connectivity index (χ0v) is 14.1. The lowest BCUT2D eigenvalue weighted by Gasteiger charge is -2.43. The second-order valence-electron chi connectivity index (χ2n) is 5.97. The van der Waals surface area contributed by atoms with E-state index < -0.39 is 0 Å². The Morgan fingerprint density at radius 1 is 1.24 bits per heavy atom. The van der Waals surface area contributed by atoms with E-state index in [1.807, 2.05) is 18.2 Å². The van der Waals surface area contributed by atoms with Gasteiger partial charge in [-0.1, -0.05) is 18.2 Å². The lowest BCUT2D eigenvalue weighted by molar-refractivity contribution is 0.0447. The van der Waals surface area contributed by atoms with E-state index in [1.165, 1.54) is 5.56 Å². The molecule has 0 bridgehead atoms. The monoisotopic (exact) mass is 294 g/mol. The molecule has 1 atom stereocenters. The summed E-state index contributed by atoms with van der Waals surface area (Å²) in [6.07, 6.45) is 0.857. The van der Waals surface area contributed by atoms with E-state index in [9.17, 15) is 0 Å². The number of nitrogens with zero attached hydrogens (tertiary/aromatic N) is 1. The average molecular weight is 294 g/mol. The highest BCUT2D eigenvalue weighted by atomic mass is 16.5. The summed E-state index contributed by atoms with van der Waals surface area (Å²) in [6.45, 7) is 8.79. The van der Waals surface area contributed by atoms with Crippen LogP contribution in [0, 0.1) is 0 Å². The summed E-state index contributed by atoms with van der Waals surface area (Å²) in [4.78, 5) is 2.42. The molecule has 0 aliphatic carbocycles. The molecule has 0 amide bonds. The lowest BCUT2D eigenvalue weighted by atomic mass is 9.89. The molecule has 0 saturated heterocycles. The van der Waals surface area contributed by atoms with Crippen molar-refractivity contribution in [3.63, 3.8) is 0 Å². The number of ether oxygens (including phenoxy) is 2. The number of para-hydroxylation sites is 1. The molecule has 0 fully saturated rings. The van der Waals surface area contributed by atoms with Crippen molar-refractivity contribution in [2.24, 2.45) is 5.73 Å². The zero-order chi connectivity index (χ0) is 15.9. The van der Waals surface area contributed by atoms with Crippen molar-refractivity contribution in [3.05, 3.63) is 29.8 Å². The van der Waals surface area contributed by atoms with Gasteiger partial charge in [-0.3, -0.25) is 4.90 Å². The summed E-state index contributed by atoms with van der Waals surface area (Å²) in [5.74, 6) is 0.924. The van der Waals surface area contributed by atoms with Crippen LogP contribution in [-0.2, 0) is 11.2 Å². The molecule has 1 aromatic carbocycles. The molecule has 0 aliphatic rings. The van der Waals surface area contributed by atoms with E-state index in [0.29, 0.717) is 19.2 Å². The van der Waals surface area contributed by atoms with Gasteiger partial charge in [-0.25, -0.2) is 0 Å². The maximum absolute atomic E-state index is 6.13. The molecule has 1 aromatic rings. The van der Waals surface area contributed by atoms with Crippen LogP contribution in [0.5, 0.6) is 5.75 Å². The second kappa shape index (κ2) is 8.37. The van der Waals surface area contributed by atoms with Gasteiger partial charge in [0, 0.05) is 31.8 Å². The number of rotatable bonds is 9. The first-order valence-electron chi connectivity index (χ1n) is 7.56. The van der Waals surface area contributed by atoms with E-state index in [2.05, 4.69) is 31.7 Å². The Kier molecular flexibility index (Phi) is 7.15. The standard InChI is InChI=1S/C17H30N2O2/c1-14(2)19(10-11-20-4)17(3,13-18)12-15-8-6-7-9-16(15)21-5/h6-9,14H,10-13,18H2,1-5H3. The maximum atomic E-state index is 6.13. The van der Waals surface area contributed by atoms with Gasteiger partial charge in [0.15, 0.2) is 0 Å². The fraction of sp³-hybridized carbons (Fsp3) is 0.647. The highest BCUT2D eigenvalue weighted by Crippen LogP contribution is 2.27. The molecule has 0 aliphatic heterocycles. The molecule has 2 N–H and O–H groups in total. The van der Waals surface area contributed by atoms with Crippen molar-refractivity contribution in [1.29, 1.82) is 0 Å². The minimum absolute atomic E-state index is 0.124. The number of nitrogens with two attached hydrogens (primary N) is 1. The Bertz CT molecular complexity index is 423. The van der Waals surface area contributed by atoms with Gasteiger partial charge < -0.3 is 15.2 Å². The van der Waals surface area contributed by atoms with Gasteiger partial charge in [0.1, 0.15) is 5.75 Å². The third-order valence-electron chi connectivity index (χ3n) is 4.06. The predicted molar refractivity (Wildman–Crippen MR) is 87.9 cm³/mol. The molecule has 120 valence electrons. The van der Waals surface area contributed by atoms with Crippen LogP contribution >= 0.6 is 0 Å². The third kappa shape index (κ3) is 4.70. The van der Waals surface area contributed by atoms with Crippen molar-refractivity contribution in [3.8, 4) is 5.75 Å². The summed E-state index contributed by atoms with van der Waals surface area (Å²) in [6, 6.07) is 8.56. The van der Waals surface area contributed by atoms with Gasteiger partial charge in [-0.15, -0.1) is 0 Å². The Morgan fingerprint density at radius 3 is 2.43 bits per heavy atom. The molecule has 0 radical (unpaired) electrons. The molecule has 0 heterocycles. The topological polar surface area (TPSA) is 47.7 Å². The fourth-order valence-electron chi connectivity index (χ4n) is 2.89. The van der Waals surface area contributed by atoms with Gasteiger partial charge in [-0.2, -0.15) is 0 Å². The molecule has 0 aromatic heterocycles. The summed E-state index contributed by atoms with van der Waals surface area (Å²) < 4.78 is 10.7. The predicted octanol–water partition coefficient (Wildman–Crippen LogP) is 2.31. The summed E-state index contributed by atoms with van der Waals surface area (Å²) in [5.41, 5.74) is 7.20. The van der Waals surface area contributed by atoms with Crippen molar-refractivity contribution < 1.29 is 9.47 Å². The first kappa shape index (κ1) is 18.0. The van der Waals surface area contributed by atoms with Gasteiger partial charge >= 0.3 is 0 Å². The Labute approximate surface area is 129 Å². The van der Waals surface area contributed by atoms with Crippen LogP contribution in [0.2, 0.25) is 0 Å². The quantitative estimate of drug-likeness (QED) is 0.759. The Balaban J connectivity index is 3.00. The molecular weight excluding hydrogens is 264 g/mol. The maximum Gasteiger partial charge on any atom is 0.122 e. The second-order valence-corrected chi connectivity index (χ2v) is 5.97. The van der Waals surface area contributed by atoms with Crippen LogP contribution in [0.25, 0.3) is 0 Å². The van der Waals surface area contributed by atoms with Crippen molar-refractivity contribution in [2.75, 3.05) is 33.9 Å². The summed E-state index contributed by atoms with van der Waals surface area (Å²) >= 11 is 0. The van der Waals surface area contributed by atoms with Crippen LogP contribution in [0.3, 0.4) is 0 Å². The first-order valence-corrected chi connectivity index (χ1v) is 7.56. The van der Waals surface area contributed by atoms with Crippen molar-refractivity contribution in [1.82, 2.24) is 4.90 Å². The number of hydrogen-bond acceptors (Lipinski definition) is 4. The number of hydrogen-bond donors (Lipinski definition) is 1. The summed E-state index contributed by atoms with van der Waals surface area (Å²) in [7, 11) is 3.45. The highest BCUT2D eigenvalue weighted by Gasteiger charge is 2.33. The average Bonchev–Trinajstić information content (AvgIpc) is 2.47. The largest absolute Gasteiger partial charge is 0.496 e. The number of benzene rings is 1. The van der Waals surface area contributed by atoms with Gasteiger partial charge in [-0.05, 0) is 38.8 Å². The Hall–Kier alpha value is -1.10. The molecule has 4 nitrogen and oxygen atoms in total. The van der Waals surface area contributed by atoms with Crippen molar-refractivity contribution >= 4 is 0 Å². The van der Waals surface area contributed by atoms with Gasteiger partial charge in [0.2, 0.25) is 0 Å². The highest BCUT2D eigenvalue weighted by molar-refractivity contribution is 5.34. The van der Waals surface area contributed by atoms with Crippen LogP contribution in [-0.4, -0.2) is 50.4 Å².